The summed E-state index contributed by atoms with van der Waals surface area (Å²) in [7, 11) is 0. The number of halogens is 2. The second kappa shape index (κ2) is 8.72. The van der Waals surface area contributed by atoms with E-state index in [0.717, 1.165) is 6.42 Å². The Morgan fingerprint density at radius 1 is 1.24 bits per heavy atom. The zero-order valence-electron chi connectivity index (χ0n) is 18.3. The number of aromatic nitrogens is 2. The Bertz CT molecular complexity index is 1310. The summed E-state index contributed by atoms with van der Waals surface area (Å²) in [5.41, 5.74) is 1.93. The van der Waals surface area contributed by atoms with Gasteiger partial charge in [-0.25, -0.2) is 9.18 Å². The lowest BCUT2D eigenvalue weighted by Crippen LogP contribution is -2.44. The van der Waals surface area contributed by atoms with Crippen LogP contribution in [-0.4, -0.2) is 44.5 Å². The van der Waals surface area contributed by atoms with Crippen molar-refractivity contribution in [2.75, 3.05) is 0 Å². The topological polar surface area (TPSA) is 93.5 Å². The normalized spacial score (nSPS) is 20.8. The molecule has 0 radical (unpaired) electrons. The second-order valence-electron chi connectivity index (χ2n) is 8.62. The lowest BCUT2D eigenvalue weighted by atomic mass is 10.2. The molecule has 2 aromatic heterocycles. The first-order chi connectivity index (χ1) is 16.3. The van der Waals surface area contributed by atoms with E-state index in [2.05, 4.69) is 10.3 Å². The third-order valence-electron chi connectivity index (χ3n) is 6.36. The van der Waals surface area contributed by atoms with Crippen LogP contribution in [0.1, 0.15) is 35.7 Å². The summed E-state index contributed by atoms with van der Waals surface area (Å²) in [6.45, 7) is 1.37. The summed E-state index contributed by atoms with van der Waals surface area (Å²) in [6, 6.07) is 8.13. The third-order valence-corrected chi connectivity index (χ3v) is 6.66. The first-order valence-corrected chi connectivity index (χ1v) is 11.3. The summed E-state index contributed by atoms with van der Waals surface area (Å²) in [4.78, 5) is 43.5. The fourth-order valence-electron chi connectivity index (χ4n) is 4.62. The molecule has 3 heterocycles. The van der Waals surface area contributed by atoms with Crippen LogP contribution in [0.15, 0.2) is 42.7 Å². The Morgan fingerprint density at radius 2 is 2.06 bits per heavy atom. The number of carbonyl (C=O) groups excluding carboxylic acids is 3. The number of ether oxygens (including phenoxy) is 1. The van der Waals surface area contributed by atoms with E-state index in [0.29, 0.717) is 28.9 Å². The second-order valence-corrected chi connectivity index (χ2v) is 9.03. The molecule has 3 aromatic rings. The largest absolute Gasteiger partial charge is 0.425 e. The Kier molecular flexibility index (Phi) is 5.73. The number of piperidine rings is 1. The number of benzene rings is 1. The predicted octanol–water partition coefficient (Wildman–Crippen LogP) is 3.90. The molecule has 2 aliphatic rings. The van der Waals surface area contributed by atoms with Crippen LogP contribution in [0.4, 0.5) is 9.18 Å². The van der Waals surface area contributed by atoms with Gasteiger partial charge < -0.3 is 19.5 Å². The maximum atomic E-state index is 14.0. The highest BCUT2D eigenvalue weighted by atomic mass is 35.5. The zero-order chi connectivity index (χ0) is 24.0. The average Bonchev–Trinajstić information content (AvgIpc) is 3.31. The molecule has 0 bridgehead atoms. The van der Waals surface area contributed by atoms with Gasteiger partial charge in [0.15, 0.2) is 12.0 Å². The summed E-state index contributed by atoms with van der Waals surface area (Å²) in [6.07, 6.45) is 3.23. The quantitative estimate of drug-likeness (QED) is 0.535. The number of hydrogen-bond acceptors (Lipinski definition) is 5. The molecule has 8 nitrogen and oxygen atoms in total. The standard InChI is InChI=1S/C24H22ClFN4O4/c1-13(31)16-11-29(18-6-3-7-27-23(16)18)12-20(32)30-19-8-15(19)9-21(30)34-24(33)28-10-14-4-2-5-17(25)22(14)26/h2-7,11,15,19,21H,8-10,12H2,1H3,(H,28,33)/t15-,19-,21+/m1/s1. The van der Waals surface area contributed by atoms with E-state index in [1.54, 1.807) is 34.0 Å². The number of ketones is 1. The smallest absolute Gasteiger partial charge is 0.409 e. The molecule has 3 atom stereocenters. The van der Waals surface area contributed by atoms with Crippen LogP contribution < -0.4 is 5.32 Å². The number of amides is 2. The van der Waals surface area contributed by atoms with E-state index < -0.39 is 18.1 Å². The van der Waals surface area contributed by atoms with E-state index in [1.807, 2.05) is 6.07 Å². The van der Waals surface area contributed by atoms with Gasteiger partial charge in [0, 0.05) is 37.0 Å². The van der Waals surface area contributed by atoms with Gasteiger partial charge in [0.1, 0.15) is 12.4 Å². The van der Waals surface area contributed by atoms with Gasteiger partial charge in [-0.05, 0) is 37.5 Å². The van der Waals surface area contributed by atoms with Crippen molar-refractivity contribution in [2.24, 2.45) is 5.92 Å². The van der Waals surface area contributed by atoms with Crippen molar-refractivity contribution >= 4 is 40.4 Å². The van der Waals surface area contributed by atoms with Gasteiger partial charge in [-0.3, -0.25) is 14.6 Å². The monoisotopic (exact) mass is 484 g/mol. The van der Waals surface area contributed by atoms with Crippen LogP contribution in [0.25, 0.3) is 11.0 Å². The number of rotatable bonds is 6. The van der Waals surface area contributed by atoms with Crippen LogP contribution in [0.3, 0.4) is 0 Å². The van der Waals surface area contributed by atoms with E-state index in [1.165, 1.54) is 19.1 Å². The first kappa shape index (κ1) is 22.3. The zero-order valence-corrected chi connectivity index (χ0v) is 19.1. The van der Waals surface area contributed by atoms with Crippen molar-refractivity contribution in [3.63, 3.8) is 0 Å². The lowest BCUT2D eigenvalue weighted by Gasteiger charge is -2.27. The predicted molar refractivity (Wildman–Crippen MR) is 122 cm³/mol. The molecule has 2 fully saturated rings. The molecule has 0 unspecified atom stereocenters. The highest BCUT2D eigenvalue weighted by molar-refractivity contribution is 6.30. The molecule has 1 N–H and O–H groups in total. The van der Waals surface area contributed by atoms with E-state index in [4.69, 9.17) is 16.3 Å². The Hall–Kier alpha value is -3.46. The van der Waals surface area contributed by atoms with E-state index in [9.17, 15) is 18.8 Å². The van der Waals surface area contributed by atoms with Crippen molar-refractivity contribution in [1.29, 1.82) is 0 Å². The molecule has 1 saturated carbocycles. The minimum absolute atomic E-state index is 0.00605. The lowest BCUT2D eigenvalue weighted by molar-refractivity contribution is -0.140. The number of nitrogens with zero attached hydrogens (tertiary/aromatic N) is 3. The van der Waals surface area contributed by atoms with Gasteiger partial charge in [0.25, 0.3) is 0 Å². The Morgan fingerprint density at radius 3 is 2.85 bits per heavy atom. The van der Waals surface area contributed by atoms with Crippen LogP contribution in [-0.2, 0) is 22.6 Å². The summed E-state index contributed by atoms with van der Waals surface area (Å²) in [5.74, 6) is -0.642. The minimum Gasteiger partial charge on any atom is -0.425 e. The van der Waals surface area contributed by atoms with Crippen molar-refractivity contribution in [2.45, 2.75) is 45.1 Å². The number of hydrogen-bond donors (Lipinski definition) is 1. The van der Waals surface area contributed by atoms with Gasteiger partial charge >= 0.3 is 6.09 Å². The number of pyridine rings is 1. The summed E-state index contributed by atoms with van der Waals surface area (Å²) < 4.78 is 21.3. The summed E-state index contributed by atoms with van der Waals surface area (Å²) in [5, 5.41) is 2.50. The highest BCUT2D eigenvalue weighted by Gasteiger charge is 2.55. The molecule has 176 valence electrons. The fourth-order valence-corrected chi connectivity index (χ4v) is 4.81. The molecular formula is C24H22ClFN4O4. The number of carbonyl (C=O) groups is 3. The maximum absolute atomic E-state index is 14.0. The molecule has 0 spiro atoms. The van der Waals surface area contributed by atoms with Crippen molar-refractivity contribution in [1.82, 2.24) is 19.8 Å². The minimum atomic E-state index is -0.738. The Balaban J connectivity index is 1.27. The van der Waals surface area contributed by atoms with Gasteiger partial charge in [-0.2, -0.15) is 0 Å². The molecule has 1 aromatic carbocycles. The first-order valence-electron chi connectivity index (χ1n) is 11.0. The number of alkyl carbamates (subject to hydrolysis) is 1. The Labute approximate surface area is 199 Å². The van der Waals surface area contributed by atoms with Crippen LogP contribution in [0.2, 0.25) is 5.02 Å². The van der Waals surface area contributed by atoms with Crippen molar-refractivity contribution in [3.05, 3.63) is 64.7 Å². The van der Waals surface area contributed by atoms with Crippen molar-refractivity contribution in [3.8, 4) is 0 Å². The molecule has 1 aliphatic carbocycles. The number of nitrogens with one attached hydrogen (secondary N) is 1. The fraction of sp³-hybridized carbons (Fsp3) is 0.333. The molecular weight excluding hydrogens is 463 g/mol. The van der Waals surface area contributed by atoms with Gasteiger partial charge in [0.2, 0.25) is 5.91 Å². The van der Waals surface area contributed by atoms with Gasteiger partial charge in [-0.15, -0.1) is 0 Å². The maximum Gasteiger partial charge on any atom is 0.409 e. The molecule has 1 aliphatic heterocycles. The van der Waals surface area contributed by atoms with E-state index in [-0.39, 0.29) is 41.4 Å². The molecule has 10 heteroatoms. The highest BCUT2D eigenvalue weighted by Crippen LogP contribution is 2.48. The van der Waals surface area contributed by atoms with E-state index >= 15 is 0 Å². The van der Waals surface area contributed by atoms with Crippen LogP contribution >= 0.6 is 11.6 Å². The SMILES string of the molecule is CC(=O)c1cn(CC(=O)N2[C@@H](OC(=O)NCc3cccc(Cl)c3F)C[C@H]3C[C@H]32)c2cccnc12. The molecule has 2 amide bonds. The van der Waals surface area contributed by atoms with Crippen LogP contribution in [0, 0.1) is 11.7 Å². The summed E-state index contributed by atoms with van der Waals surface area (Å²) >= 11 is 5.78. The molecule has 34 heavy (non-hydrogen) atoms. The number of Topliss-reactive ketones (excluding diaryl/α,β-unsaturated/α-hetero) is 1. The van der Waals surface area contributed by atoms with Crippen LogP contribution in [0.5, 0.6) is 0 Å². The van der Waals surface area contributed by atoms with Gasteiger partial charge in [0.05, 0.1) is 21.6 Å². The number of likely N-dealkylation sites (tertiary alicyclic amines) is 1. The average molecular weight is 485 g/mol. The molecule has 1 saturated heterocycles. The van der Waals surface area contributed by atoms with Gasteiger partial charge in [-0.1, -0.05) is 23.7 Å². The number of fused-ring (bicyclic) bond motifs is 2. The third kappa shape index (κ3) is 4.11. The van der Waals surface area contributed by atoms with Crippen molar-refractivity contribution < 1.29 is 23.5 Å². The molecule has 5 rings (SSSR count).